The Bertz CT molecular complexity index is 372. The van der Waals surface area contributed by atoms with Crippen LogP contribution in [0.4, 0.5) is 10.2 Å². The molecule has 1 saturated carbocycles. The highest BCUT2D eigenvalue weighted by Crippen LogP contribution is 2.51. The van der Waals surface area contributed by atoms with Crippen LogP contribution >= 0.6 is 0 Å². The zero-order valence-electron chi connectivity index (χ0n) is 9.47. The summed E-state index contributed by atoms with van der Waals surface area (Å²) in [6.07, 6.45) is 0.697. The predicted molar refractivity (Wildman–Crippen MR) is 58.4 cm³/mol. The third-order valence-corrected chi connectivity index (χ3v) is 3.22. The Labute approximate surface area is 89.2 Å². The van der Waals surface area contributed by atoms with E-state index in [2.05, 4.69) is 24.0 Å². The molecule has 1 aromatic rings. The van der Waals surface area contributed by atoms with Crippen LogP contribution in [0, 0.1) is 5.92 Å². The highest BCUT2D eigenvalue weighted by molar-refractivity contribution is 5.48. The number of H-pyrrole nitrogens is 1. The molecule has 1 aliphatic carbocycles. The van der Waals surface area contributed by atoms with Gasteiger partial charge in [0.1, 0.15) is 12.0 Å². The fourth-order valence-corrected chi connectivity index (χ4v) is 2.04. The van der Waals surface area contributed by atoms with Gasteiger partial charge in [0.25, 0.3) is 0 Å². The van der Waals surface area contributed by atoms with Gasteiger partial charge in [0.05, 0.1) is 0 Å². The summed E-state index contributed by atoms with van der Waals surface area (Å²) in [5, 5.41) is 6.89. The molecule has 2 unspecified atom stereocenters. The van der Waals surface area contributed by atoms with E-state index in [1.165, 1.54) is 0 Å². The van der Waals surface area contributed by atoms with E-state index in [1.807, 2.05) is 6.92 Å². The number of rotatable bonds is 3. The third-order valence-electron chi connectivity index (χ3n) is 3.22. The normalized spacial score (nSPS) is 29.8. The van der Waals surface area contributed by atoms with Crippen molar-refractivity contribution in [2.45, 2.75) is 45.2 Å². The van der Waals surface area contributed by atoms with Gasteiger partial charge < -0.3 is 5.73 Å². The lowest BCUT2D eigenvalue weighted by atomic mass is 9.95. The number of nitrogens with two attached hydrogens (primary N) is 1. The summed E-state index contributed by atoms with van der Waals surface area (Å²) in [6.45, 7) is 6.17. The molecule has 3 N–H and O–H groups in total. The van der Waals surface area contributed by atoms with Crippen LogP contribution in [0.3, 0.4) is 0 Å². The number of nitrogen functional groups attached to an aromatic ring is 1. The van der Waals surface area contributed by atoms with E-state index in [1.54, 1.807) is 0 Å². The van der Waals surface area contributed by atoms with Gasteiger partial charge in [0, 0.05) is 16.7 Å². The van der Waals surface area contributed by atoms with E-state index < -0.39 is 6.17 Å². The number of halogens is 1. The van der Waals surface area contributed by atoms with Crippen molar-refractivity contribution in [1.29, 1.82) is 0 Å². The molecule has 0 bridgehead atoms. The van der Waals surface area contributed by atoms with Crippen LogP contribution in [0.25, 0.3) is 0 Å². The van der Waals surface area contributed by atoms with Gasteiger partial charge in [-0.3, -0.25) is 5.10 Å². The minimum Gasteiger partial charge on any atom is -0.382 e. The molecule has 0 radical (unpaired) electrons. The second kappa shape index (κ2) is 3.22. The van der Waals surface area contributed by atoms with Crippen molar-refractivity contribution in [2.75, 3.05) is 5.73 Å². The number of aromatic amines is 1. The summed E-state index contributed by atoms with van der Waals surface area (Å²) in [4.78, 5) is 0. The minimum absolute atomic E-state index is 0.366. The van der Waals surface area contributed by atoms with Gasteiger partial charge in [0.2, 0.25) is 0 Å². The predicted octanol–water partition coefficient (Wildman–Crippen LogP) is 2.19. The molecule has 0 aromatic carbocycles. The molecule has 3 nitrogen and oxygen atoms in total. The number of anilines is 1. The Kier molecular flexibility index (Phi) is 2.24. The number of hydrogen-bond acceptors (Lipinski definition) is 2. The maximum atomic E-state index is 13.3. The van der Waals surface area contributed by atoms with Gasteiger partial charge in [-0.2, -0.15) is 5.10 Å². The molecule has 0 spiro atoms. The molecule has 15 heavy (non-hydrogen) atoms. The Hall–Kier alpha value is -1.06. The fourth-order valence-electron chi connectivity index (χ4n) is 2.04. The smallest absolute Gasteiger partial charge is 0.148 e. The first-order valence-corrected chi connectivity index (χ1v) is 5.42. The first-order valence-electron chi connectivity index (χ1n) is 5.42. The first-order chi connectivity index (χ1) is 6.95. The van der Waals surface area contributed by atoms with E-state index in [-0.39, 0.29) is 5.41 Å². The Morgan fingerprint density at radius 2 is 2.27 bits per heavy atom. The highest BCUT2D eigenvalue weighted by Gasteiger charge is 2.54. The molecule has 2 rings (SSSR count). The highest BCUT2D eigenvalue weighted by atomic mass is 19.1. The Morgan fingerprint density at radius 3 is 2.73 bits per heavy atom. The van der Waals surface area contributed by atoms with Crippen LogP contribution in [0.5, 0.6) is 0 Å². The number of nitrogens with zero attached hydrogens (tertiary/aromatic N) is 1. The second-order valence-corrected chi connectivity index (χ2v) is 5.15. The SMILES string of the molecule is CC(C)Cc1c(N)n[nH]c1C1(C)CC1F. The molecule has 0 saturated heterocycles. The molecular formula is C11H18FN3. The van der Waals surface area contributed by atoms with Gasteiger partial charge in [-0.1, -0.05) is 20.8 Å². The molecule has 1 aliphatic rings. The van der Waals surface area contributed by atoms with Gasteiger partial charge in [0.15, 0.2) is 0 Å². The van der Waals surface area contributed by atoms with Crippen LogP contribution in [0.15, 0.2) is 0 Å². The summed E-state index contributed by atoms with van der Waals surface area (Å²) < 4.78 is 13.3. The molecule has 1 fully saturated rings. The molecule has 2 atom stereocenters. The van der Waals surface area contributed by atoms with Gasteiger partial charge in [-0.05, 0) is 18.8 Å². The summed E-state index contributed by atoms with van der Waals surface area (Å²) in [6, 6.07) is 0. The van der Waals surface area contributed by atoms with E-state index in [0.29, 0.717) is 18.2 Å². The second-order valence-electron chi connectivity index (χ2n) is 5.15. The third kappa shape index (κ3) is 1.62. The van der Waals surface area contributed by atoms with Gasteiger partial charge in [-0.15, -0.1) is 0 Å². The zero-order chi connectivity index (χ0) is 11.2. The molecule has 0 amide bonds. The largest absolute Gasteiger partial charge is 0.382 e. The standard InChI is InChI=1S/C11H18FN3/c1-6(2)4-7-9(14-15-10(7)13)11(3)5-8(11)12/h6,8H,4-5H2,1-3H3,(H3,13,14,15). The Morgan fingerprint density at radius 1 is 1.67 bits per heavy atom. The van der Waals surface area contributed by atoms with Gasteiger partial charge in [-0.25, -0.2) is 4.39 Å². The van der Waals surface area contributed by atoms with Crippen molar-refractivity contribution in [3.63, 3.8) is 0 Å². The van der Waals surface area contributed by atoms with Crippen LogP contribution < -0.4 is 5.73 Å². The molecule has 1 aromatic heterocycles. The first kappa shape index (κ1) is 10.5. The van der Waals surface area contributed by atoms with E-state index in [4.69, 9.17) is 5.73 Å². The van der Waals surface area contributed by atoms with Crippen molar-refractivity contribution in [3.8, 4) is 0 Å². The van der Waals surface area contributed by atoms with Crippen molar-refractivity contribution in [3.05, 3.63) is 11.3 Å². The number of hydrogen-bond donors (Lipinski definition) is 2. The monoisotopic (exact) mass is 211 g/mol. The van der Waals surface area contributed by atoms with Crippen molar-refractivity contribution < 1.29 is 4.39 Å². The van der Waals surface area contributed by atoms with E-state index in [9.17, 15) is 4.39 Å². The summed E-state index contributed by atoms with van der Waals surface area (Å²) in [5.74, 6) is 1.03. The van der Waals surface area contributed by atoms with Crippen molar-refractivity contribution >= 4 is 5.82 Å². The van der Waals surface area contributed by atoms with Crippen molar-refractivity contribution in [2.24, 2.45) is 5.92 Å². The van der Waals surface area contributed by atoms with Crippen molar-refractivity contribution in [1.82, 2.24) is 10.2 Å². The van der Waals surface area contributed by atoms with Crippen LogP contribution in [0.1, 0.15) is 38.4 Å². The van der Waals surface area contributed by atoms with Crippen LogP contribution in [-0.4, -0.2) is 16.4 Å². The average Bonchev–Trinajstić information content (AvgIpc) is 2.54. The van der Waals surface area contributed by atoms with Crippen LogP contribution in [-0.2, 0) is 11.8 Å². The maximum absolute atomic E-state index is 13.3. The zero-order valence-corrected chi connectivity index (χ0v) is 9.47. The minimum atomic E-state index is -0.747. The van der Waals surface area contributed by atoms with E-state index in [0.717, 1.165) is 17.7 Å². The summed E-state index contributed by atoms with van der Waals surface area (Å²) in [7, 11) is 0. The topological polar surface area (TPSA) is 54.7 Å². The number of nitrogens with one attached hydrogen (secondary N) is 1. The summed E-state index contributed by atoms with van der Waals surface area (Å²) >= 11 is 0. The lowest BCUT2D eigenvalue weighted by molar-refractivity contribution is 0.426. The molecular weight excluding hydrogens is 193 g/mol. The number of aromatic nitrogens is 2. The van der Waals surface area contributed by atoms with Crippen LogP contribution in [0.2, 0.25) is 0 Å². The molecule has 4 heteroatoms. The lowest BCUT2D eigenvalue weighted by Gasteiger charge is -2.11. The quantitative estimate of drug-likeness (QED) is 0.805. The molecule has 0 aliphatic heterocycles. The fraction of sp³-hybridized carbons (Fsp3) is 0.727. The van der Waals surface area contributed by atoms with Gasteiger partial charge >= 0.3 is 0 Å². The lowest BCUT2D eigenvalue weighted by Crippen LogP contribution is -2.10. The average molecular weight is 211 g/mol. The number of alkyl halides is 1. The summed E-state index contributed by atoms with van der Waals surface area (Å²) in [5.41, 5.74) is 7.34. The van der Waals surface area contributed by atoms with E-state index >= 15 is 0 Å². The maximum Gasteiger partial charge on any atom is 0.148 e. The Balaban J connectivity index is 2.32. The molecule has 84 valence electrons. The molecule has 1 heterocycles.